The van der Waals surface area contributed by atoms with Gasteiger partial charge in [0.05, 0.1) is 18.2 Å². The molecule has 5 heteroatoms. The molecule has 1 atom stereocenters. The summed E-state index contributed by atoms with van der Waals surface area (Å²) < 4.78 is 11.5. The van der Waals surface area contributed by atoms with E-state index in [-0.39, 0.29) is 17.6 Å². The first-order valence-corrected chi connectivity index (χ1v) is 7.36. The number of morpholine rings is 1. The van der Waals surface area contributed by atoms with Crippen molar-refractivity contribution < 1.29 is 14.3 Å². The van der Waals surface area contributed by atoms with E-state index in [1.165, 1.54) is 0 Å². The van der Waals surface area contributed by atoms with Gasteiger partial charge in [-0.25, -0.2) is 0 Å². The fourth-order valence-electron chi connectivity index (χ4n) is 2.88. The van der Waals surface area contributed by atoms with Crippen molar-refractivity contribution in [1.82, 2.24) is 9.80 Å². The number of ether oxygens (including phenoxy) is 2. The van der Waals surface area contributed by atoms with E-state index in [9.17, 15) is 4.79 Å². The predicted octanol–water partition coefficient (Wildman–Crippen LogP) is 0.901. The average Bonchev–Trinajstić information content (AvgIpc) is 2.38. The highest BCUT2D eigenvalue weighted by Crippen LogP contribution is 2.31. The van der Waals surface area contributed by atoms with Gasteiger partial charge in [-0.1, -0.05) is 6.08 Å². The van der Waals surface area contributed by atoms with Crippen LogP contribution in [0.4, 0.5) is 0 Å². The molecule has 0 aromatic rings. The maximum Gasteiger partial charge on any atom is 0.246 e. The molecule has 2 heterocycles. The van der Waals surface area contributed by atoms with E-state index < -0.39 is 0 Å². The van der Waals surface area contributed by atoms with Crippen molar-refractivity contribution in [2.75, 3.05) is 46.9 Å². The number of likely N-dealkylation sites (N-methyl/N-ethyl adjacent to an activating group) is 1. The summed E-state index contributed by atoms with van der Waals surface area (Å²) in [6.45, 7) is 5.64. The Labute approximate surface area is 121 Å². The summed E-state index contributed by atoms with van der Waals surface area (Å²) in [5.74, 6) is 0.0906. The van der Waals surface area contributed by atoms with Gasteiger partial charge in [0, 0.05) is 45.2 Å². The van der Waals surface area contributed by atoms with Crippen LogP contribution in [0.5, 0.6) is 0 Å². The molecule has 0 aliphatic carbocycles. The van der Waals surface area contributed by atoms with Gasteiger partial charge < -0.3 is 19.3 Å². The van der Waals surface area contributed by atoms with E-state index in [1.807, 2.05) is 36.9 Å². The predicted molar refractivity (Wildman–Crippen MR) is 77.6 cm³/mol. The van der Waals surface area contributed by atoms with Gasteiger partial charge in [0.2, 0.25) is 5.91 Å². The van der Waals surface area contributed by atoms with Gasteiger partial charge in [-0.15, -0.1) is 0 Å². The summed E-state index contributed by atoms with van der Waals surface area (Å²) in [7, 11) is 3.98. The maximum atomic E-state index is 12.3. The van der Waals surface area contributed by atoms with Crippen LogP contribution in [0.2, 0.25) is 0 Å². The smallest absolute Gasteiger partial charge is 0.246 e. The van der Waals surface area contributed by atoms with Crippen molar-refractivity contribution in [3.8, 4) is 0 Å². The molecule has 0 N–H and O–H groups in total. The van der Waals surface area contributed by atoms with Gasteiger partial charge in [0.25, 0.3) is 0 Å². The second-order valence-corrected chi connectivity index (χ2v) is 6.11. The molecule has 20 heavy (non-hydrogen) atoms. The third-order valence-electron chi connectivity index (χ3n) is 3.85. The number of rotatable bonds is 3. The van der Waals surface area contributed by atoms with E-state index in [0.717, 1.165) is 32.6 Å². The first-order valence-electron chi connectivity index (χ1n) is 7.36. The van der Waals surface area contributed by atoms with Crippen LogP contribution >= 0.6 is 0 Å². The van der Waals surface area contributed by atoms with Gasteiger partial charge in [-0.05, 0) is 21.0 Å². The largest absolute Gasteiger partial charge is 0.381 e. The first kappa shape index (κ1) is 15.5. The molecule has 0 bridgehead atoms. The summed E-state index contributed by atoms with van der Waals surface area (Å²) >= 11 is 0. The number of carbonyl (C=O) groups is 1. The van der Waals surface area contributed by atoms with Gasteiger partial charge in [-0.3, -0.25) is 4.79 Å². The van der Waals surface area contributed by atoms with Crippen molar-refractivity contribution in [1.29, 1.82) is 0 Å². The van der Waals surface area contributed by atoms with Crippen LogP contribution in [0.1, 0.15) is 19.8 Å². The molecule has 1 unspecified atom stereocenters. The van der Waals surface area contributed by atoms with Crippen LogP contribution in [0.3, 0.4) is 0 Å². The standard InChI is InChI=1S/C15H26N2O3/c1-13-11-17(14(18)5-4-8-16(2)3)12-15(20-13)6-9-19-10-7-15/h4-5,13H,6-12H2,1-3H3/b5-4+. The van der Waals surface area contributed by atoms with Crippen LogP contribution < -0.4 is 0 Å². The molecule has 2 aliphatic rings. The van der Waals surface area contributed by atoms with E-state index in [0.29, 0.717) is 13.1 Å². The van der Waals surface area contributed by atoms with Gasteiger partial charge in [0.15, 0.2) is 0 Å². The fraction of sp³-hybridized carbons (Fsp3) is 0.800. The average molecular weight is 282 g/mol. The molecular weight excluding hydrogens is 256 g/mol. The Morgan fingerprint density at radius 3 is 2.75 bits per heavy atom. The van der Waals surface area contributed by atoms with Crippen molar-refractivity contribution in [2.24, 2.45) is 0 Å². The molecule has 114 valence electrons. The second-order valence-electron chi connectivity index (χ2n) is 6.11. The summed E-state index contributed by atoms with van der Waals surface area (Å²) in [5.41, 5.74) is -0.193. The van der Waals surface area contributed by atoms with Crippen LogP contribution in [-0.2, 0) is 14.3 Å². The zero-order chi connectivity index (χ0) is 14.6. The molecule has 1 spiro atoms. The Balaban J connectivity index is 1.96. The highest BCUT2D eigenvalue weighted by atomic mass is 16.5. The summed E-state index contributed by atoms with van der Waals surface area (Å²) in [6.07, 6.45) is 5.45. The maximum absolute atomic E-state index is 12.3. The molecular formula is C15H26N2O3. The quantitative estimate of drug-likeness (QED) is 0.721. The minimum Gasteiger partial charge on any atom is -0.381 e. The summed E-state index contributed by atoms with van der Waals surface area (Å²) in [6, 6.07) is 0. The number of hydrogen-bond donors (Lipinski definition) is 0. The molecule has 0 aromatic carbocycles. The lowest BCUT2D eigenvalue weighted by molar-refractivity contribution is -0.187. The zero-order valence-electron chi connectivity index (χ0n) is 12.8. The molecule has 2 aliphatic heterocycles. The first-order chi connectivity index (χ1) is 9.51. The fourth-order valence-corrected chi connectivity index (χ4v) is 2.88. The topological polar surface area (TPSA) is 42.0 Å². The zero-order valence-corrected chi connectivity index (χ0v) is 12.8. The third-order valence-corrected chi connectivity index (χ3v) is 3.85. The molecule has 0 saturated carbocycles. The monoisotopic (exact) mass is 282 g/mol. The normalized spacial score (nSPS) is 26.6. The number of carbonyl (C=O) groups excluding carboxylic acids is 1. The Bertz CT molecular complexity index is 362. The second kappa shape index (κ2) is 6.70. The van der Waals surface area contributed by atoms with Crippen LogP contribution in [-0.4, -0.2) is 74.4 Å². The van der Waals surface area contributed by atoms with E-state index in [2.05, 4.69) is 0 Å². The van der Waals surface area contributed by atoms with Gasteiger partial charge in [0.1, 0.15) is 0 Å². The SMILES string of the molecule is CC1CN(C(=O)/C=C/CN(C)C)CC2(CCOCC2)O1. The highest BCUT2D eigenvalue weighted by Gasteiger charge is 2.41. The summed E-state index contributed by atoms with van der Waals surface area (Å²) in [5, 5.41) is 0. The van der Waals surface area contributed by atoms with E-state index in [4.69, 9.17) is 9.47 Å². The van der Waals surface area contributed by atoms with Crippen molar-refractivity contribution in [3.63, 3.8) is 0 Å². The van der Waals surface area contributed by atoms with Crippen LogP contribution in [0.15, 0.2) is 12.2 Å². The molecule has 0 radical (unpaired) electrons. The number of amides is 1. The van der Waals surface area contributed by atoms with Gasteiger partial charge >= 0.3 is 0 Å². The summed E-state index contributed by atoms with van der Waals surface area (Å²) in [4.78, 5) is 16.2. The highest BCUT2D eigenvalue weighted by molar-refractivity contribution is 5.87. The van der Waals surface area contributed by atoms with E-state index in [1.54, 1.807) is 6.08 Å². The van der Waals surface area contributed by atoms with Crippen molar-refractivity contribution in [2.45, 2.75) is 31.5 Å². The Morgan fingerprint density at radius 1 is 1.40 bits per heavy atom. The molecule has 2 saturated heterocycles. The molecule has 0 aromatic heterocycles. The van der Waals surface area contributed by atoms with Crippen molar-refractivity contribution in [3.05, 3.63) is 12.2 Å². The molecule has 2 fully saturated rings. The van der Waals surface area contributed by atoms with Crippen LogP contribution in [0, 0.1) is 0 Å². The Hall–Kier alpha value is -0.910. The van der Waals surface area contributed by atoms with E-state index >= 15 is 0 Å². The molecule has 5 nitrogen and oxygen atoms in total. The third kappa shape index (κ3) is 4.04. The minimum atomic E-state index is -0.193. The van der Waals surface area contributed by atoms with Gasteiger partial charge in [-0.2, -0.15) is 0 Å². The number of nitrogens with zero attached hydrogens (tertiary/aromatic N) is 2. The lowest BCUT2D eigenvalue weighted by Gasteiger charge is -2.47. The minimum absolute atomic E-state index is 0.0906. The van der Waals surface area contributed by atoms with Crippen LogP contribution in [0.25, 0.3) is 0 Å². The lowest BCUT2D eigenvalue weighted by atomic mass is 9.91. The van der Waals surface area contributed by atoms with Crippen molar-refractivity contribution >= 4 is 5.91 Å². The molecule has 2 rings (SSSR count). The number of hydrogen-bond acceptors (Lipinski definition) is 4. The molecule has 1 amide bonds. The Kier molecular flexibility index (Phi) is 5.18. The lowest BCUT2D eigenvalue weighted by Crippen LogP contribution is -2.58. The Morgan fingerprint density at radius 2 is 2.10 bits per heavy atom.